The summed E-state index contributed by atoms with van der Waals surface area (Å²) in [5, 5.41) is 0. The average Bonchev–Trinajstić information content (AvgIpc) is 2.72. The van der Waals surface area contributed by atoms with Gasteiger partial charge in [-0.25, -0.2) is 13.1 Å². The normalized spacial score (nSPS) is 20.2. The van der Waals surface area contributed by atoms with E-state index in [0.29, 0.717) is 19.3 Å². The number of nitrogens with one attached hydrogen (secondary N) is 1. The first-order valence-corrected chi connectivity index (χ1v) is 9.47. The van der Waals surface area contributed by atoms with Gasteiger partial charge < -0.3 is 0 Å². The number of imide groups is 1. The Bertz CT molecular complexity index is 554. The molecule has 0 aliphatic carbocycles. The molecule has 1 aliphatic heterocycles. The summed E-state index contributed by atoms with van der Waals surface area (Å²) in [6.07, 6.45) is 4.02. The maximum absolute atomic E-state index is 12.7. The van der Waals surface area contributed by atoms with Gasteiger partial charge in [0.2, 0.25) is 15.9 Å². The molecule has 0 saturated heterocycles. The van der Waals surface area contributed by atoms with E-state index >= 15 is 0 Å². The van der Waals surface area contributed by atoms with Crippen LogP contribution in [0.4, 0.5) is 0 Å². The first-order valence-electron chi connectivity index (χ1n) is 7.82. The van der Waals surface area contributed by atoms with Crippen LogP contribution >= 0.6 is 0 Å². The van der Waals surface area contributed by atoms with E-state index < -0.39 is 22.0 Å². The lowest BCUT2D eigenvalue weighted by Crippen LogP contribution is -2.52. The van der Waals surface area contributed by atoms with Crippen molar-refractivity contribution in [1.29, 1.82) is 0 Å². The number of hydrogen-bond donors (Lipinski definition) is 1. The third-order valence-electron chi connectivity index (χ3n) is 3.80. The Morgan fingerprint density at radius 3 is 2.45 bits per heavy atom. The lowest BCUT2D eigenvalue weighted by atomic mass is 10.0. The molecule has 1 rings (SSSR count). The summed E-state index contributed by atoms with van der Waals surface area (Å²) in [5.74, 6) is -0.891. The molecule has 0 bridgehead atoms. The van der Waals surface area contributed by atoms with Gasteiger partial charge in [0.25, 0.3) is 5.91 Å². The Balaban J connectivity index is 3.00. The average molecular weight is 330 g/mol. The van der Waals surface area contributed by atoms with Crippen molar-refractivity contribution < 1.29 is 18.0 Å². The Labute approximate surface area is 133 Å². The van der Waals surface area contributed by atoms with Crippen molar-refractivity contribution in [3.63, 3.8) is 0 Å². The predicted octanol–water partition coefficient (Wildman–Crippen LogP) is 1.58. The molecule has 0 spiro atoms. The number of nitrogens with zero attached hydrogens (tertiary/aromatic N) is 1. The highest BCUT2D eigenvalue weighted by Crippen LogP contribution is 2.24. The molecular weight excluding hydrogens is 304 g/mol. The third-order valence-corrected chi connectivity index (χ3v) is 5.21. The molecule has 6 nitrogen and oxygen atoms in total. The second-order valence-corrected chi connectivity index (χ2v) is 7.64. The monoisotopic (exact) mass is 330 g/mol. The summed E-state index contributed by atoms with van der Waals surface area (Å²) in [6.45, 7) is 7.21. The fourth-order valence-electron chi connectivity index (χ4n) is 2.60. The van der Waals surface area contributed by atoms with Crippen molar-refractivity contribution in [3.05, 3.63) is 11.6 Å². The first kappa shape index (κ1) is 18.8. The minimum Gasteiger partial charge on any atom is -0.273 e. The van der Waals surface area contributed by atoms with Crippen LogP contribution in [0.5, 0.6) is 0 Å². The van der Waals surface area contributed by atoms with Gasteiger partial charge >= 0.3 is 0 Å². The summed E-state index contributed by atoms with van der Waals surface area (Å²) >= 11 is 0. The van der Waals surface area contributed by atoms with E-state index in [1.807, 2.05) is 20.8 Å². The molecule has 1 heterocycles. The van der Waals surface area contributed by atoms with Gasteiger partial charge in [0.15, 0.2) is 0 Å². The molecule has 7 heteroatoms. The van der Waals surface area contributed by atoms with E-state index in [2.05, 4.69) is 4.72 Å². The van der Waals surface area contributed by atoms with E-state index in [9.17, 15) is 18.0 Å². The molecule has 0 aromatic heterocycles. The van der Waals surface area contributed by atoms with E-state index in [1.165, 1.54) is 17.9 Å². The maximum atomic E-state index is 12.7. The van der Waals surface area contributed by atoms with Gasteiger partial charge in [-0.05, 0) is 32.3 Å². The van der Waals surface area contributed by atoms with Crippen LogP contribution in [0.15, 0.2) is 11.6 Å². The maximum Gasteiger partial charge on any atom is 0.253 e. The van der Waals surface area contributed by atoms with Gasteiger partial charge in [-0.2, -0.15) is 0 Å². The van der Waals surface area contributed by atoms with Crippen LogP contribution in [0.3, 0.4) is 0 Å². The first-order chi connectivity index (χ1) is 10.3. The molecule has 0 radical (unpaired) electrons. The van der Waals surface area contributed by atoms with Gasteiger partial charge in [0.05, 0.1) is 11.8 Å². The fourth-order valence-corrected chi connectivity index (χ4v) is 3.42. The van der Waals surface area contributed by atoms with Crippen molar-refractivity contribution >= 4 is 21.8 Å². The van der Waals surface area contributed by atoms with Crippen molar-refractivity contribution in [2.75, 3.05) is 5.75 Å². The van der Waals surface area contributed by atoms with Crippen molar-refractivity contribution in [2.24, 2.45) is 0 Å². The van der Waals surface area contributed by atoms with Gasteiger partial charge in [0.1, 0.15) is 6.04 Å². The molecule has 126 valence electrons. The van der Waals surface area contributed by atoms with E-state index in [4.69, 9.17) is 0 Å². The molecule has 22 heavy (non-hydrogen) atoms. The smallest absolute Gasteiger partial charge is 0.253 e. The molecule has 0 fully saturated rings. The lowest BCUT2D eigenvalue weighted by Gasteiger charge is -2.28. The topological polar surface area (TPSA) is 83.6 Å². The van der Waals surface area contributed by atoms with Crippen LogP contribution in [0.25, 0.3) is 0 Å². The number of amides is 2. The Hall–Kier alpha value is -1.21. The molecule has 0 aromatic rings. The summed E-state index contributed by atoms with van der Waals surface area (Å²) in [4.78, 5) is 26.0. The highest BCUT2D eigenvalue weighted by Gasteiger charge is 2.38. The quantitative estimate of drug-likeness (QED) is 0.732. The van der Waals surface area contributed by atoms with E-state index in [-0.39, 0.29) is 17.7 Å². The number of rotatable bonds is 8. The highest BCUT2D eigenvalue weighted by molar-refractivity contribution is 7.89. The summed E-state index contributed by atoms with van der Waals surface area (Å²) in [6, 6.07) is -1.13. The van der Waals surface area contributed by atoms with Crippen LogP contribution < -0.4 is 4.72 Å². The fraction of sp³-hybridized carbons (Fsp3) is 0.733. The van der Waals surface area contributed by atoms with Crippen LogP contribution in [0.1, 0.15) is 53.4 Å². The Morgan fingerprint density at radius 2 is 1.95 bits per heavy atom. The van der Waals surface area contributed by atoms with Crippen molar-refractivity contribution in [3.8, 4) is 0 Å². The zero-order valence-corrected chi connectivity index (χ0v) is 14.6. The number of carbonyl (C=O) groups is 2. The molecule has 1 aliphatic rings. The molecule has 1 N–H and O–H groups in total. The zero-order valence-electron chi connectivity index (χ0n) is 13.8. The summed E-state index contributed by atoms with van der Waals surface area (Å²) in [7, 11) is -3.50. The highest BCUT2D eigenvalue weighted by atomic mass is 32.2. The van der Waals surface area contributed by atoms with Gasteiger partial charge in [-0.15, -0.1) is 0 Å². The minimum absolute atomic E-state index is 0.0931. The van der Waals surface area contributed by atoms with Crippen molar-refractivity contribution in [2.45, 2.75) is 65.5 Å². The number of hydrogen-bond acceptors (Lipinski definition) is 4. The van der Waals surface area contributed by atoms with Gasteiger partial charge in [-0.3, -0.25) is 14.5 Å². The standard InChI is InChI=1S/C15H26N2O4S/c1-5-8-12(16-22(20,21)7-3)15(19)17-13(9-6-2)11(4)10-14(17)18/h10,12-13,16H,5-9H2,1-4H3/t12-,13+/m1/s1. The molecular formula is C15H26N2O4S. The van der Waals surface area contributed by atoms with Crippen LogP contribution in [0, 0.1) is 0 Å². The summed E-state index contributed by atoms with van der Waals surface area (Å²) in [5.41, 5.74) is 0.855. The SMILES string of the molecule is CCC[C@@H](NS(=O)(=O)CC)C(=O)N1C(=O)C=C(C)[C@@H]1CCC. The van der Waals surface area contributed by atoms with Crippen molar-refractivity contribution in [1.82, 2.24) is 9.62 Å². The Morgan fingerprint density at radius 1 is 1.32 bits per heavy atom. The van der Waals surface area contributed by atoms with Gasteiger partial charge in [-0.1, -0.05) is 26.7 Å². The molecule has 0 aromatic carbocycles. The minimum atomic E-state index is -3.50. The summed E-state index contributed by atoms with van der Waals surface area (Å²) < 4.78 is 26.0. The van der Waals surface area contributed by atoms with Crippen LogP contribution in [-0.2, 0) is 19.6 Å². The van der Waals surface area contributed by atoms with Crippen LogP contribution in [0.2, 0.25) is 0 Å². The van der Waals surface area contributed by atoms with Crippen LogP contribution in [-0.4, -0.2) is 43.0 Å². The third kappa shape index (κ3) is 4.39. The number of carbonyl (C=O) groups excluding carboxylic acids is 2. The zero-order chi connectivity index (χ0) is 16.9. The van der Waals surface area contributed by atoms with E-state index in [0.717, 1.165) is 12.0 Å². The Kier molecular flexibility index (Phi) is 6.74. The lowest BCUT2D eigenvalue weighted by molar-refractivity contribution is -0.144. The van der Waals surface area contributed by atoms with Gasteiger partial charge in [0, 0.05) is 6.08 Å². The predicted molar refractivity (Wildman–Crippen MR) is 85.6 cm³/mol. The number of sulfonamides is 1. The second-order valence-electron chi connectivity index (χ2n) is 5.60. The molecule has 0 saturated carbocycles. The molecule has 2 amide bonds. The molecule has 2 atom stereocenters. The largest absolute Gasteiger partial charge is 0.273 e. The molecule has 0 unspecified atom stereocenters. The second kappa shape index (κ2) is 7.87. The van der Waals surface area contributed by atoms with E-state index in [1.54, 1.807) is 0 Å².